The van der Waals surface area contributed by atoms with E-state index in [1.165, 1.54) is 13.2 Å². The molecule has 0 spiro atoms. The van der Waals surface area contributed by atoms with Crippen molar-refractivity contribution in [2.75, 3.05) is 25.6 Å². The average molecular weight is 622 g/mol. The first-order valence-corrected chi connectivity index (χ1v) is 11.3. The molecule has 2 amide bonds. The van der Waals surface area contributed by atoms with E-state index in [-0.39, 0.29) is 29.8 Å². The van der Waals surface area contributed by atoms with Crippen LogP contribution < -0.4 is 16.5 Å². The molecule has 12 heteroatoms. The van der Waals surface area contributed by atoms with Crippen LogP contribution in [0.25, 0.3) is 0 Å². The lowest BCUT2D eigenvalue weighted by Gasteiger charge is -2.15. The number of hydrogen-bond acceptors (Lipinski definition) is 5. The number of nitrogens with two attached hydrogens (primary N) is 1. The first-order valence-electron chi connectivity index (χ1n) is 9.81. The SMILES string of the molecule is COCCONC(=O)c1cc(F)c(F)c(F)c1Nc1ccc(I)cc1Cl.NC(=O)c1ccccc1. The van der Waals surface area contributed by atoms with Crippen molar-refractivity contribution in [2.24, 2.45) is 5.73 Å². The van der Waals surface area contributed by atoms with Gasteiger partial charge >= 0.3 is 0 Å². The molecule has 0 unspecified atom stereocenters. The molecule has 35 heavy (non-hydrogen) atoms. The average Bonchev–Trinajstić information content (AvgIpc) is 2.84. The molecular weight excluding hydrogens is 602 g/mol. The number of primary amides is 1. The maximum atomic E-state index is 14.3. The van der Waals surface area contributed by atoms with Crippen LogP contribution >= 0.6 is 34.2 Å². The zero-order chi connectivity index (χ0) is 26.0. The fraction of sp³-hybridized carbons (Fsp3) is 0.130. The number of carbonyl (C=O) groups is 2. The number of ether oxygens (including phenoxy) is 1. The van der Waals surface area contributed by atoms with Gasteiger partial charge in [0.15, 0.2) is 17.5 Å². The molecule has 0 heterocycles. The predicted octanol–water partition coefficient (Wildman–Crippen LogP) is 5.20. The zero-order valence-electron chi connectivity index (χ0n) is 18.2. The van der Waals surface area contributed by atoms with Crippen molar-refractivity contribution >= 4 is 57.4 Å². The van der Waals surface area contributed by atoms with Crippen molar-refractivity contribution in [3.8, 4) is 0 Å². The van der Waals surface area contributed by atoms with Crippen LogP contribution in [-0.4, -0.2) is 32.1 Å². The largest absolute Gasteiger partial charge is 0.382 e. The van der Waals surface area contributed by atoms with Gasteiger partial charge in [-0.25, -0.2) is 18.7 Å². The second kappa shape index (κ2) is 13.9. The number of anilines is 2. The second-order valence-electron chi connectivity index (χ2n) is 6.66. The van der Waals surface area contributed by atoms with Gasteiger partial charge in [-0.05, 0) is 59.0 Å². The first-order chi connectivity index (χ1) is 16.6. The van der Waals surface area contributed by atoms with Crippen molar-refractivity contribution in [2.45, 2.75) is 0 Å². The van der Waals surface area contributed by atoms with Crippen LogP contribution in [0.1, 0.15) is 20.7 Å². The summed E-state index contributed by atoms with van der Waals surface area (Å²) in [6, 6.07) is 14.1. The minimum absolute atomic E-state index is 0.0140. The summed E-state index contributed by atoms with van der Waals surface area (Å²) in [6.07, 6.45) is 0. The van der Waals surface area contributed by atoms with Gasteiger partial charge in [-0.3, -0.25) is 14.4 Å². The van der Waals surface area contributed by atoms with Crippen molar-refractivity contribution < 1.29 is 32.3 Å². The van der Waals surface area contributed by atoms with E-state index in [2.05, 4.69) is 5.32 Å². The number of hydrogen-bond donors (Lipinski definition) is 3. The van der Waals surface area contributed by atoms with Crippen LogP contribution in [0.15, 0.2) is 54.6 Å². The van der Waals surface area contributed by atoms with Crippen LogP contribution in [0.3, 0.4) is 0 Å². The van der Waals surface area contributed by atoms with Crippen LogP contribution in [-0.2, 0) is 9.57 Å². The Balaban J connectivity index is 0.000000402. The smallest absolute Gasteiger partial charge is 0.277 e. The van der Waals surface area contributed by atoms with Gasteiger partial charge in [0.05, 0.1) is 35.2 Å². The van der Waals surface area contributed by atoms with Crippen LogP contribution in [0.2, 0.25) is 5.02 Å². The number of methoxy groups -OCH3 is 1. The molecular formula is C23H20ClF3IN3O4. The highest BCUT2D eigenvalue weighted by Gasteiger charge is 2.24. The van der Waals surface area contributed by atoms with E-state index in [1.54, 1.807) is 36.4 Å². The van der Waals surface area contributed by atoms with Gasteiger partial charge in [0.2, 0.25) is 5.91 Å². The van der Waals surface area contributed by atoms with Crippen molar-refractivity contribution in [1.29, 1.82) is 0 Å². The van der Waals surface area contributed by atoms with Gasteiger partial charge in [-0.2, -0.15) is 0 Å². The Kier molecular flexibility index (Phi) is 11.2. The Bertz CT molecular complexity index is 1190. The van der Waals surface area contributed by atoms with Gasteiger partial charge in [0, 0.05) is 16.2 Å². The fourth-order valence-corrected chi connectivity index (χ4v) is 3.42. The topological polar surface area (TPSA) is 103 Å². The third-order valence-electron chi connectivity index (χ3n) is 4.21. The third-order valence-corrected chi connectivity index (χ3v) is 5.19. The third kappa shape index (κ3) is 8.38. The standard InChI is InChI=1S/C16H13ClF3IN2O3.C7H7NO/c1-25-4-5-26-23-16(24)9-7-11(18)13(19)14(20)15(9)22-12-3-2-8(21)6-10(12)17;8-7(9)6-4-2-1-3-5-6/h2-3,6-7,22H,4-5H2,1H3,(H,23,24);1-5H,(H2,8,9). The second-order valence-corrected chi connectivity index (χ2v) is 8.31. The van der Waals surface area contributed by atoms with E-state index in [4.69, 9.17) is 26.9 Å². The number of carbonyl (C=O) groups excluding carboxylic acids is 2. The van der Waals surface area contributed by atoms with Gasteiger partial charge < -0.3 is 15.8 Å². The molecule has 3 aromatic carbocycles. The Morgan fingerprint density at radius 3 is 2.29 bits per heavy atom. The van der Waals surface area contributed by atoms with Gasteiger partial charge in [-0.1, -0.05) is 29.8 Å². The Morgan fingerprint density at radius 1 is 1.03 bits per heavy atom. The van der Waals surface area contributed by atoms with Crippen molar-refractivity contribution in [1.82, 2.24) is 5.48 Å². The summed E-state index contributed by atoms with van der Waals surface area (Å²) in [5, 5.41) is 2.74. The molecule has 186 valence electrons. The van der Waals surface area contributed by atoms with Crippen molar-refractivity contribution in [3.05, 3.63) is 91.8 Å². The van der Waals surface area contributed by atoms with Gasteiger partial charge in [0.25, 0.3) is 5.91 Å². The molecule has 3 rings (SSSR count). The minimum atomic E-state index is -1.72. The molecule has 0 saturated carbocycles. The summed E-state index contributed by atoms with van der Waals surface area (Å²) in [5.41, 5.74) is 6.69. The predicted molar refractivity (Wildman–Crippen MR) is 134 cm³/mol. The number of hydroxylamine groups is 1. The maximum absolute atomic E-state index is 14.3. The highest BCUT2D eigenvalue weighted by molar-refractivity contribution is 14.1. The molecule has 0 aliphatic heterocycles. The van der Waals surface area contributed by atoms with Crippen LogP contribution in [0.5, 0.6) is 0 Å². The summed E-state index contributed by atoms with van der Waals surface area (Å²) < 4.78 is 47.0. The molecule has 0 fully saturated rings. The molecule has 0 radical (unpaired) electrons. The van der Waals surface area contributed by atoms with Crippen molar-refractivity contribution in [3.63, 3.8) is 0 Å². The number of benzene rings is 3. The van der Waals surface area contributed by atoms with Crippen LogP contribution in [0, 0.1) is 21.0 Å². The summed E-state index contributed by atoms with van der Waals surface area (Å²) in [6.45, 7) is 0.204. The summed E-state index contributed by atoms with van der Waals surface area (Å²) in [7, 11) is 1.43. The number of halogens is 5. The van der Waals surface area contributed by atoms with E-state index in [9.17, 15) is 22.8 Å². The maximum Gasteiger partial charge on any atom is 0.277 e. The first kappa shape index (κ1) is 28.4. The molecule has 0 bridgehead atoms. The summed E-state index contributed by atoms with van der Waals surface area (Å²) in [5.74, 6) is -6.13. The zero-order valence-corrected chi connectivity index (χ0v) is 21.1. The molecule has 0 saturated heterocycles. The highest BCUT2D eigenvalue weighted by atomic mass is 127. The van der Waals surface area contributed by atoms with E-state index < -0.39 is 34.6 Å². The molecule has 3 aromatic rings. The molecule has 7 nitrogen and oxygen atoms in total. The molecule has 0 aliphatic rings. The summed E-state index contributed by atoms with van der Waals surface area (Å²) in [4.78, 5) is 27.4. The molecule has 4 N–H and O–H groups in total. The van der Waals surface area contributed by atoms with E-state index >= 15 is 0 Å². The monoisotopic (exact) mass is 621 g/mol. The van der Waals surface area contributed by atoms with E-state index in [1.807, 2.05) is 34.1 Å². The fourth-order valence-electron chi connectivity index (χ4n) is 2.52. The van der Waals surface area contributed by atoms with E-state index in [0.29, 0.717) is 11.6 Å². The van der Waals surface area contributed by atoms with Crippen LogP contribution in [0.4, 0.5) is 24.5 Å². The number of nitrogens with one attached hydrogen (secondary N) is 2. The molecule has 0 aromatic heterocycles. The quantitative estimate of drug-likeness (QED) is 0.139. The molecule has 0 aliphatic carbocycles. The number of amides is 2. The Labute approximate surface area is 217 Å². The molecule has 0 atom stereocenters. The highest BCUT2D eigenvalue weighted by Crippen LogP contribution is 2.32. The Hall–Kier alpha value is -2.87. The minimum Gasteiger partial charge on any atom is -0.382 e. The Morgan fingerprint density at radius 2 is 1.71 bits per heavy atom. The van der Waals surface area contributed by atoms with E-state index in [0.717, 1.165) is 3.57 Å². The van der Waals surface area contributed by atoms with Gasteiger partial charge in [-0.15, -0.1) is 0 Å². The normalized spacial score (nSPS) is 10.2. The van der Waals surface area contributed by atoms with Gasteiger partial charge in [0.1, 0.15) is 0 Å². The lowest BCUT2D eigenvalue weighted by molar-refractivity contribution is 0.00889. The lowest BCUT2D eigenvalue weighted by atomic mass is 10.1. The lowest BCUT2D eigenvalue weighted by Crippen LogP contribution is -2.27. The summed E-state index contributed by atoms with van der Waals surface area (Å²) >= 11 is 8.08. The number of rotatable bonds is 8.